The maximum Gasteiger partial charge on any atom is 0.251 e. The highest BCUT2D eigenvalue weighted by Crippen LogP contribution is 2.20. The number of carbonyl (C=O) groups is 2. The number of halogens is 1. The summed E-state index contributed by atoms with van der Waals surface area (Å²) in [5, 5.41) is 2.56. The van der Waals surface area contributed by atoms with Crippen LogP contribution in [0.4, 0.5) is 10.2 Å². The minimum Gasteiger partial charge on any atom is -0.379 e. The number of nitrogens with zero attached hydrogens (tertiary/aromatic N) is 4. The summed E-state index contributed by atoms with van der Waals surface area (Å²) >= 11 is 0. The number of piperazine rings is 1. The highest BCUT2D eigenvalue weighted by molar-refractivity contribution is 7.89. The van der Waals surface area contributed by atoms with Crippen molar-refractivity contribution in [2.75, 3.05) is 63.9 Å². The molecular weight excluding hydrogens is 465 g/mol. The van der Waals surface area contributed by atoms with E-state index in [1.807, 2.05) is 4.90 Å². The van der Waals surface area contributed by atoms with Crippen molar-refractivity contribution in [3.8, 4) is 0 Å². The first-order valence-corrected chi connectivity index (χ1v) is 12.4. The summed E-state index contributed by atoms with van der Waals surface area (Å²) in [7, 11) is -3.60. The van der Waals surface area contributed by atoms with Crippen molar-refractivity contribution in [1.29, 1.82) is 0 Å². The number of benzene rings is 1. The van der Waals surface area contributed by atoms with Crippen LogP contribution in [0, 0.1) is 5.82 Å². The van der Waals surface area contributed by atoms with Crippen molar-refractivity contribution in [3.63, 3.8) is 0 Å². The van der Waals surface area contributed by atoms with E-state index >= 15 is 0 Å². The van der Waals surface area contributed by atoms with Crippen LogP contribution in [0.3, 0.4) is 0 Å². The SMILES string of the molecule is O=C(NCC(=O)N1CCN(c2ccc(S(=O)(=O)N3CCOCC3)cn2)CC1)c1ccc(F)cc1. The van der Waals surface area contributed by atoms with Crippen LogP contribution in [-0.4, -0.2) is 93.4 Å². The fraction of sp³-hybridized carbons (Fsp3) is 0.409. The number of morpholine rings is 1. The minimum atomic E-state index is -3.60. The van der Waals surface area contributed by atoms with Crippen LogP contribution < -0.4 is 10.2 Å². The summed E-state index contributed by atoms with van der Waals surface area (Å²) in [6.07, 6.45) is 1.36. The van der Waals surface area contributed by atoms with Crippen molar-refractivity contribution in [2.45, 2.75) is 4.90 Å². The molecule has 0 atom stereocenters. The van der Waals surface area contributed by atoms with Gasteiger partial charge in [-0.25, -0.2) is 17.8 Å². The Morgan fingerprint density at radius 2 is 1.65 bits per heavy atom. The van der Waals surface area contributed by atoms with Gasteiger partial charge >= 0.3 is 0 Å². The number of sulfonamides is 1. The molecule has 4 rings (SSSR count). The first-order chi connectivity index (χ1) is 16.3. The highest BCUT2D eigenvalue weighted by atomic mass is 32.2. The van der Waals surface area contributed by atoms with Crippen molar-refractivity contribution < 1.29 is 27.1 Å². The van der Waals surface area contributed by atoms with Gasteiger partial charge in [-0.1, -0.05) is 0 Å². The lowest BCUT2D eigenvalue weighted by Crippen LogP contribution is -2.51. The summed E-state index contributed by atoms with van der Waals surface area (Å²) in [5.41, 5.74) is 0.282. The Labute approximate surface area is 197 Å². The van der Waals surface area contributed by atoms with Crippen LogP contribution in [0.15, 0.2) is 47.5 Å². The minimum absolute atomic E-state index is 0.142. The lowest BCUT2D eigenvalue weighted by molar-refractivity contribution is -0.130. The van der Waals surface area contributed by atoms with Gasteiger partial charge in [-0.05, 0) is 36.4 Å². The number of hydrogen-bond acceptors (Lipinski definition) is 7. The number of anilines is 1. The quantitative estimate of drug-likeness (QED) is 0.619. The molecule has 0 saturated carbocycles. The molecule has 0 spiro atoms. The lowest BCUT2D eigenvalue weighted by atomic mass is 10.2. The predicted octanol–water partition coefficient (Wildman–Crippen LogP) is 0.320. The number of carbonyl (C=O) groups excluding carboxylic acids is 2. The van der Waals surface area contributed by atoms with Crippen LogP contribution in [0.25, 0.3) is 0 Å². The molecule has 0 aliphatic carbocycles. The Bertz CT molecular complexity index is 1110. The first-order valence-electron chi connectivity index (χ1n) is 10.9. The predicted molar refractivity (Wildman–Crippen MR) is 121 cm³/mol. The van der Waals surface area contributed by atoms with E-state index in [2.05, 4.69) is 10.3 Å². The Morgan fingerprint density at radius 1 is 0.971 bits per heavy atom. The highest BCUT2D eigenvalue weighted by Gasteiger charge is 2.27. The molecule has 2 aromatic rings. The summed E-state index contributed by atoms with van der Waals surface area (Å²) in [6, 6.07) is 8.32. The number of rotatable bonds is 6. The second kappa shape index (κ2) is 10.5. The molecule has 1 aromatic carbocycles. The number of hydrogen-bond donors (Lipinski definition) is 1. The summed E-state index contributed by atoms with van der Waals surface area (Å²) in [6.45, 7) is 3.20. The molecular formula is C22H26FN5O5S. The van der Waals surface area contributed by atoms with Gasteiger partial charge < -0.3 is 19.9 Å². The number of ether oxygens (including phenoxy) is 1. The summed E-state index contributed by atoms with van der Waals surface area (Å²) in [5.74, 6) is -0.454. The van der Waals surface area contributed by atoms with E-state index in [9.17, 15) is 22.4 Å². The molecule has 34 heavy (non-hydrogen) atoms. The van der Waals surface area contributed by atoms with Gasteiger partial charge in [-0.3, -0.25) is 9.59 Å². The number of amides is 2. The molecule has 2 fully saturated rings. The van der Waals surface area contributed by atoms with E-state index in [1.165, 1.54) is 34.8 Å². The molecule has 2 amide bonds. The van der Waals surface area contributed by atoms with Crippen molar-refractivity contribution in [1.82, 2.24) is 19.5 Å². The zero-order valence-corrected chi connectivity index (χ0v) is 19.3. The van der Waals surface area contributed by atoms with E-state index in [4.69, 9.17) is 4.74 Å². The fourth-order valence-electron chi connectivity index (χ4n) is 3.80. The van der Waals surface area contributed by atoms with Crippen LogP contribution in [0.1, 0.15) is 10.4 Å². The Morgan fingerprint density at radius 3 is 2.26 bits per heavy atom. The smallest absolute Gasteiger partial charge is 0.251 e. The molecule has 3 heterocycles. The molecule has 2 saturated heterocycles. The molecule has 1 aromatic heterocycles. The average molecular weight is 492 g/mol. The third-order valence-corrected chi connectivity index (χ3v) is 7.67. The molecule has 2 aliphatic heterocycles. The maximum atomic E-state index is 13.0. The molecule has 0 bridgehead atoms. The number of pyridine rings is 1. The summed E-state index contributed by atoms with van der Waals surface area (Å²) in [4.78, 5) is 32.7. The van der Waals surface area contributed by atoms with Gasteiger partial charge in [0.25, 0.3) is 5.91 Å². The fourth-order valence-corrected chi connectivity index (χ4v) is 5.16. The molecule has 2 aliphatic rings. The van der Waals surface area contributed by atoms with Crippen molar-refractivity contribution >= 4 is 27.7 Å². The maximum absolute atomic E-state index is 13.0. The second-order valence-electron chi connectivity index (χ2n) is 7.93. The normalized spacial score (nSPS) is 17.4. The second-order valence-corrected chi connectivity index (χ2v) is 9.86. The van der Waals surface area contributed by atoms with Gasteiger partial charge in [0.15, 0.2) is 0 Å². The number of nitrogens with one attached hydrogen (secondary N) is 1. The summed E-state index contributed by atoms with van der Waals surface area (Å²) < 4.78 is 45.1. The van der Waals surface area contributed by atoms with Gasteiger partial charge in [0.1, 0.15) is 16.5 Å². The monoisotopic (exact) mass is 491 g/mol. The van der Waals surface area contributed by atoms with E-state index in [0.717, 1.165) is 0 Å². The van der Waals surface area contributed by atoms with Gasteiger partial charge in [0, 0.05) is 51.0 Å². The Hall–Kier alpha value is -3.09. The zero-order valence-electron chi connectivity index (χ0n) is 18.5. The third-order valence-electron chi connectivity index (χ3n) is 5.79. The van der Waals surface area contributed by atoms with E-state index in [1.54, 1.807) is 17.0 Å². The molecule has 0 radical (unpaired) electrons. The van der Waals surface area contributed by atoms with Crippen LogP contribution >= 0.6 is 0 Å². The topological polar surface area (TPSA) is 112 Å². The van der Waals surface area contributed by atoms with Crippen LogP contribution in [0.2, 0.25) is 0 Å². The van der Waals surface area contributed by atoms with Gasteiger partial charge in [0.2, 0.25) is 15.9 Å². The molecule has 0 unspecified atom stereocenters. The van der Waals surface area contributed by atoms with Crippen LogP contribution in [-0.2, 0) is 19.6 Å². The van der Waals surface area contributed by atoms with Crippen molar-refractivity contribution in [3.05, 3.63) is 54.0 Å². The van der Waals surface area contributed by atoms with Crippen LogP contribution in [0.5, 0.6) is 0 Å². The Balaban J connectivity index is 1.27. The zero-order chi connectivity index (χ0) is 24.1. The molecule has 10 nitrogen and oxygen atoms in total. The van der Waals surface area contributed by atoms with E-state index < -0.39 is 21.7 Å². The van der Waals surface area contributed by atoms with Gasteiger partial charge in [-0.2, -0.15) is 4.31 Å². The molecule has 182 valence electrons. The number of aromatic nitrogens is 1. The van der Waals surface area contributed by atoms with E-state index in [0.29, 0.717) is 58.3 Å². The average Bonchev–Trinajstić information content (AvgIpc) is 2.88. The standard InChI is InChI=1S/C22H26FN5O5S/c23-18-3-1-17(2-4-18)22(30)25-16-21(29)27-9-7-26(8-10-27)20-6-5-19(15-24-20)34(31,32)28-11-13-33-14-12-28/h1-6,15H,7-14,16H2,(H,25,30). The lowest BCUT2D eigenvalue weighted by Gasteiger charge is -2.35. The van der Waals surface area contributed by atoms with Gasteiger partial charge in [0.05, 0.1) is 19.8 Å². The third kappa shape index (κ3) is 5.51. The Kier molecular flexibility index (Phi) is 7.39. The first kappa shape index (κ1) is 24.0. The largest absolute Gasteiger partial charge is 0.379 e. The van der Waals surface area contributed by atoms with E-state index in [-0.39, 0.29) is 22.9 Å². The molecule has 12 heteroatoms. The van der Waals surface area contributed by atoms with Gasteiger partial charge in [-0.15, -0.1) is 0 Å². The van der Waals surface area contributed by atoms with Crippen molar-refractivity contribution in [2.24, 2.45) is 0 Å². The molecule has 1 N–H and O–H groups in total.